The Hall–Kier alpha value is -3.35. The van der Waals surface area contributed by atoms with E-state index in [0.717, 1.165) is 17.5 Å². The van der Waals surface area contributed by atoms with E-state index in [4.69, 9.17) is 9.84 Å². The predicted molar refractivity (Wildman–Crippen MR) is 124 cm³/mol. The van der Waals surface area contributed by atoms with Gasteiger partial charge in [-0.1, -0.05) is 48.5 Å². The number of rotatable bonds is 9. The Kier molecular flexibility index (Phi) is 6.67. The van der Waals surface area contributed by atoms with Crippen LogP contribution in [0.2, 0.25) is 0 Å². The lowest BCUT2D eigenvalue weighted by Gasteiger charge is -2.41. The van der Waals surface area contributed by atoms with Crippen molar-refractivity contribution in [3.05, 3.63) is 59.7 Å². The third-order valence-electron chi connectivity index (χ3n) is 6.72. The second-order valence-corrected chi connectivity index (χ2v) is 9.16. The van der Waals surface area contributed by atoms with Gasteiger partial charge in [0, 0.05) is 18.4 Å². The summed E-state index contributed by atoms with van der Waals surface area (Å²) in [5.74, 6) is -1.09. The third-order valence-corrected chi connectivity index (χ3v) is 6.72. The molecule has 1 atom stereocenters. The standard InChI is InChI=1S/C26H30N2O5/c1-17(11-12-23(29)28-26(13-6-14-26)15-24(30)31)27-25(32)33-16-22-20-9-4-2-7-18(20)19-8-3-5-10-21(19)22/h2-5,7-10,17,22H,6,11-16H2,1H3,(H,27,32)(H,28,29)(H,30,31). The van der Waals surface area contributed by atoms with Crippen LogP contribution in [0.1, 0.15) is 62.5 Å². The molecule has 0 aromatic heterocycles. The van der Waals surface area contributed by atoms with E-state index in [1.54, 1.807) is 0 Å². The highest BCUT2D eigenvalue weighted by Crippen LogP contribution is 2.44. The number of carbonyl (C=O) groups excluding carboxylic acids is 2. The van der Waals surface area contributed by atoms with E-state index in [9.17, 15) is 14.4 Å². The molecule has 2 aliphatic rings. The lowest BCUT2D eigenvalue weighted by Crippen LogP contribution is -2.54. The Morgan fingerprint density at radius 3 is 2.21 bits per heavy atom. The minimum atomic E-state index is -0.903. The third kappa shape index (κ3) is 5.18. The normalized spacial score (nSPS) is 16.6. The van der Waals surface area contributed by atoms with Crippen LogP contribution >= 0.6 is 0 Å². The Morgan fingerprint density at radius 1 is 1.06 bits per heavy atom. The van der Waals surface area contributed by atoms with Gasteiger partial charge in [0.25, 0.3) is 0 Å². The monoisotopic (exact) mass is 450 g/mol. The SMILES string of the molecule is CC(CCC(=O)NC1(CC(=O)O)CCC1)NC(=O)OCC1c2ccccc2-c2ccccc21. The van der Waals surface area contributed by atoms with Gasteiger partial charge in [-0.15, -0.1) is 0 Å². The van der Waals surface area contributed by atoms with Crippen LogP contribution in [0.3, 0.4) is 0 Å². The Bertz CT molecular complexity index is 1000. The molecule has 0 bridgehead atoms. The maximum Gasteiger partial charge on any atom is 0.407 e. The molecule has 174 valence electrons. The number of ether oxygens (including phenoxy) is 1. The lowest BCUT2D eigenvalue weighted by molar-refractivity contribution is -0.140. The topological polar surface area (TPSA) is 105 Å². The van der Waals surface area contributed by atoms with Crippen LogP contribution in [0.15, 0.2) is 48.5 Å². The maximum absolute atomic E-state index is 12.4. The molecular formula is C26H30N2O5. The van der Waals surface area contributed by atoms with Crippen LogP contribution in [0.5, 0.6) is 0 Å². The van der Waals surface area contributed by atoms with Gasteiger partial charge in [-0.05, 0) is 54.9 Å². The predicted octanol–water partition coefficient (Wildman–Crippen LogP) is 4.21. The van der Waals surface area contributed by atoms with E-state index in [2.05, 4.69) is 34.9 Å². The average Bonchev–Trinajstić information content (AvgIpc) is 3.08. The fraction of sp³-hybridized carbons (Fsp3) is 0.423. The zero-order chi connectivity index (χ0) is 23.4. The van der Waals surface area contributed by atoms with Crippen molar-refractivity contribution in [1.29, 1.82) is 0 Å². The van der Waals surface area contributed by atoms with Gasteiger partial charge >= 0.3 is 12.1 Å². The first kappa shape index (κ1) is 22.8. The highest BCUT2D eigenvalue weighted by Gasteiger charge is 2.40. The van der Waals surface area contributed by atoms with E-state index in [0.29, 0.717) is 19.3 Å². The van der Waals surface area contributed by atoms with Crippen molar-refractivity contribution in [2.45, 2.75) is 62.9 Å². The summed E-state index contributed by atoms with van der Waals surface area (Å²) >= 11 is 0. The smallest absolute Gasteiger partial charge is 0.407 e. The number of fused-ring (bicyclic) bond motifs is 3. The summed E-state index contributed by atoms with van der Waals surface area (Å²) in [6.45, 7) is 2.07. The lowest BCUT2D eigenvalue weighted by atomic mass is 9.74. The number of carbonyl (C=O) groups is 3. The number of carboxylic acids is 1. The molecule has 0 spiro atoms. The molecule has 2 amide bonds. The molecule has 0 saturated heterocycles. The van der Waals surface area contributed by atoms with Gasteiger partial charge in [-0.2, -0.15) is 0 Å². The van der Waals surface area contributed by atoms with Crippen molar-refractivity contribution >= 4 is 18.0 Å². The fourth-order valence-electron chi connectivity index (χ4n) is 4.86. The van der Waals surface area contributed by atoms with Crippen LogP contribution in [0.4, 0.5) is 4.79 Å². The van der Waals surface area contributed by atoms with Gasteiger partial charge in [0.05, 0.1) is 12.0 Å². The zero-order valence-electron chi connectivity index (χ0n) is 18.8. The number of amides is 2. The molecule has 1 unspecified atom stereocenters. The van der Waals surface area contributed by atoms with E-state index < -0.39 is 17.6 Å². The Morgan fingerprint density at radius 2 is 1.67 bits per heavy atom. The first-order valence-corrected chi connectivity index (χ1v) is 11.5. The minimum Gasteiger partial charge on any atom is -0.481 e. The summed E-state index contributed by atoms with van der Waals surface area (Å²) in [4.78, 5) is 35.8. The summed E-state index contributed by atoms with van der Waals surface area (Å²) in [5.41, 5.74) is 4.05. The summed E-state index contributed by atoms with van der Waals surface area (Å²) in [5, 5.41) is 14.8. The molecule has 2 aliphatic carbocycles. The fourth-order valence-corrected chi connectivity index (χ4v) is 4.86. The molecule has 1 fully saturated rings. The van der Waals surface area contributed by atoms with Gasteiger partial charge in [0.1, 0.15) is 6.61 Å². The largest absolute Gasteiger partial charge is 0.481 e. The Balaban J connectivity index is 1.24. The van der Waals surface area contributed by atoms with Crippen molar-refractivity contribution in [2.24, 2.45) is 0 Å². The quantitative estimate of drug-likeness (QED) is 0.531. The van der Waals surface area contributed by atoms with Gasteiger partial charge < -0.3 is 20.5 Å². The first-order chi connectivity index (χ1) is 15.9. The molecule has 3 N–H and O–H groups in total. The second-order valence-electron chi connectivity index (χ2n) is 9.16. The van der Waals surface area contributed by atoms with E-state index in [1.165, 1.54) is 11.1 Å². The van der Waals surface area contributed by atoms with Gasteiger partial charge in [-0.25, -0.2) is 4.79 Å². The summed E-state index contributed by atoms with van der Waals surface area (Å²) in [7, 11) is 0. The van der Waals surface area contributed by atoms with Crippen molar-refractivity contribution in [1.82, 2.24) is 10.6 Å². The number of nitrogens with one attached hydrogen (secondary N) is 2. The molecule has 7 heteroatoms. The Labute approximate surface area is 193 Å². The van der Waals surface area contributed by atoms with Gasteiger partial charge in [0.15, 0.2) is 0 Å². The average molecular weight is 451 g/mol. The summed E-state index contributed by atoms with van der Waals surface area (Å²) < 4.78 is 5.55. The first-order valence-electron chi connectivity index (χ1n) is 11.5. The molecular weight excluding hydrogens is 420 g/mol. The second kappa shape index (κ2) is 9.65. The highest BCUT2D eigenvalue weighted by atomic mass is 16.5. The molecule has 33 heavy (non-hydrogen) atoms. The van der Waals surface area contributed by atoms with Crippen LogP contribution in [-0.4, -0.2) is 41.3 Å². The number of carboxylic acid groups (broad SMARTS) is 1. The summed E-state index contributed by atoms with van der Waals surface area (Å²) in [6, 6.07) is 16.1. The van der Waals surface area contributed by atoms with Crippen LogP contribution in [0, 0.1) is 0 Å². The van der Waals surface area contributed by atoms with Crippen molar-refractivity contribution in [3.8, 4) is 11.1 Å². The molecule has 0 aliphatic heterocycles. The molecule has 0 radical (unpaired) electrons. The molecule has 1 saturated carbocycles. The molecule has 0 heterocycles. The number of hydrogen-bond donors (Lipinski definition) is 3. The van der Waals surface area contributed by atoms with Crippen LogP contribution < -0.4 is 10.6 Å². The molecule has 2 aromatic rings. The van der Waals surface area contributed by atoms with Crippen LogP contribution in [-0.2, 0) is 14.3 Å². The van der Waals surface area contributed by atoms with Gasteiger partial charge in [-0.3, -0.25) is 9.59 Å². The number of aliphatic carboxylic acids is 1. The number of benzene rings is 2. The van der Waals surface area contributed by atoms with Crippen molar-refractivity contribution in [3.63, 3.8) is 0 Å². The van der Waals surface area contributed by atoms with E-state index in [1.807, 2.05) is 31.2 Å². The molecule has 2 aromatic carbocycles. The maximum atomic E-state index is 12.4. The number of alkyl carbamates (subject to hydrolysis) is 1. The van der Waals surface area contributed by atoms with Crippen molar-refractivity contribution in [2.75, 3.05) is 6.61 Å². The highest BCUT2D eigenvalue weighted by molar-refractivity contribution is 5.80. The van der Waals surface area contributed by atoms with E-state index >= 15 is 0 Å². The van der Waals surface area contributed by atoms with E-state index in [-0.39, 0.29) is 37.3 Å². The zero-order valence-corrected chi connectivity index (χ0v) is 18.8. The molecule has 7 nitrogen and oxygen atoms in total. The van der Waals surface area contributed by atoms with Gasteiger partial charge in [0.2, 0.25) is 5.91 Å². The summed E-state index contributed by atoms with van der Waals surface area (Å²) in [6.07, 6.45) is 2.41. The molecule has 4 rings (SSSR count). The minimum absolute atomic E-state index is 0.00265. The number of hydrogen-bond acceptors (Lipinski definition) is 4. The van der Waals surface area contributed by atoms with Crippen LogP contribution in [0.25, 0.3) is 11.1 Å². The van der Waals surface area contributed by atoms with Crippen molar-refractivity contribution < 1.29 is 24.2 Å².